The first-order chi connectivity index (χ1) is 14.3. The lowest BCUT2D eigenvalue weighted by Crippen LogP contribution is -2.39. The zero-order valence-corrected chi connectivity index (χ0v) is 18.5. The van der Waals surface area contributed by atoms with Crippen molar-refractivity contribution in [1.29, 1.82) is 0 Å². The molecular formula is C23H28ClNO4S. The number of carboxylic acids is 1. The number of halogens is 1. The Morgan fingerprint density at radius 2 is 1.50 bits per heavy atom. The van der Waals surface area contributed by atoms with E-state index in [9.17, 15) is 13.2 Å². The second-order valence-corrected chi connectivity index (χ2v) is 10.5. The highest BCUT2D eigenvalue weighted by Gasteiger charge is 2.33. The van der Waals surface area contributed by atoms with Gasteiger partial charge in [0.15, 0.2) is 0 Å². The number of hydrogen-bond donors (Lipinski definition) is 2. The summed E-state index contributed by atoms with van der Waals surface area (Å²) in [4.78, 5) is 11.1. The van der Waals surface area contributed by atoms with E-state index in [1.807, 2.05) is 24.3 Å². The normalized spacial score (nSPS) is 16.7. The van der Waals surface area contributed by atoms with Crippen LogP contribution >= 0.6 is 11.6 Å². The van der Waals surface area contributed by atoms with Gasteiger partial charge in [-0.2, -0.15) is 0 Å². The summed E-state index contributed by atoms with van der Waals surface area (Å²) in [5.74, 6) is -0.848. The maximum absolute atomic E-state index is 12.8. The summed E-state index contributed by atoms with van der Waals surface area (Å²) in [6.07, 6.45) is 7.21. The fourth-order valence-corrected chi connectivity index (χ4v) is 5.51. The number of hydrogen-bond acceptors (Lipinski definition) is 3. The van der Waals surface area contributed by atoms with Crippen LogP contribution in [0.25, 0.3) is 0 Å². The first-order valence-corrected chi connectivity index (χ1v) is 12.2. The topological polar surface area (TPSA) is 83.5 Å². The van der Waals surface area contributed by atoms with E-state index in [0.29, 0.717) is 11.6 Å². The molecule has 7 heteroatoms. The average Bonchev–Trinajstić information content (AvgIpc) is 2.94. The quantitative estimate of drug-likeness (QED) is 0.565. The lowest BCUT2D eigenvalue weighted by atomic mass is 9.75. The van der Waals surface area contributed by atoms with Crippen molar-refractivity contribution in [2.45, 2.75) is 56.3 Å². The first-order valence-electron chi connectivity index (χ1n) is 10.3. The molecule has 1 fully saturated rings. The third-order valence-corrected chi connectivity index (χ3v) is 7.55. The summed E-state index contributed by atoms with van der Waals surface area (Å²) in [7, 11) is -3.61. The molecule has 162 valence electrons. The fraction of sp³-hybridized carbons (Fsp3) is 0.435. The molecule has 1 aliphatic rings. The lowest BCUT2D eigenvalue weighted by molar-refractivity contribution is -0.136. The molecule has 0 aliphatic heterocycles. The van der Waals surface area contributed by atoms with Crippen molar-refractivity contribution in [3.63, 3.8) is 0 Å². The number of nitrogens with one attached hydrogen (secondary N) is 1. The molecule has 0 amide bonds. The predicted molar refractivity (Wildman–Crippen MR) is 118 cm³/mol. The molecule has 5 nitrogen and oxygen atoms in total. The van der Waals surface area contributed by atoms with Crippen molar-refractivity contribution in [3.8, 4) is 0 Å². The Morgan fingerprint density at radius 1 is 0.933 bits per heavy atom. The Hall–Kier alpha value is -1.89. The van der Waals surface area contributed by atoms with Crippen LogP contribution in [0.1, 0.15) is 49.7 Å². The zero-order valence-electron chi connectivity index (χ0n) is 16.9. The highest BCUT2D eigenvalue weighted by Crippen LogP contribution is 2.38. The second-order valence-electron chi connectivity index (χ2n) is 8.26. The molecule has 0 unspecified atom stereocenters. The molecule has 2 N–H and O–H groups in total. The minimum Gasteiger partial charge on any atom is -0.481 e. The number of carboxylic acid groups (broad SMARTS) is 1. The Morgan fingerprint density at radius 3 is 2.07 bits per heavy atom. The molecule has 0 aromatic heterocycles. The zero-order chi connectivity index (χ0) is 21.6. The van der Waals surface area contributed by atoms with E-state index in [-0.39, 0.29) is 16.7 Å². The molecule has 3 rings (SSSR count). The highest BCUT2D eigenvalue weighted by atomic mass is 35.5. The molecule has 0 atom stereocenters. The van der Waals surface area contributed by atoms with Gasteiger partial charge >= 0.3 is 5.97 Å². The van der Waals surface area contributed by atoms with Crippen LogP contribution in [0.4, 0.5) is 0 Å². The van der Waals surface area contributed by atoms with Crippen molar-refractivity contribution < 1.29 is 18.3 Å². The van der Waals surface area contributed by atoms with Gasteiger partial charge in [0, 0.05) is 11.6 Å². The van der Waals surface area contributed by atoms with Gasteiger partial charge in [-0.1, -0.05) is 61.5 Å². The maximum Gasteiger partial charge on any atom is 0.307 e. The van der Waals surface area contributed by atoms with Gasteiger partial charge < -0.3 is 5.11 Å². The van der Waals surface area contributed by atoms with Gasteiger partial charge in [-0.15, -0.1) is 0 Å². The van der Waals surface area contributed by atoms with Gasteiger partial charge in [0.25, 0.3) is 0 Å². The van der Waals surface area contributed by atoms with Crippen LogP contribution in [0.2, 0.25) is 5.02 Å². The summed E-state index contributed by atoms with van der Waals surface area (Å²) in [5.41, 5.74) is 1.73. The standard InChI is InChI=1S/C23H28ClNO4S/c24-20-9-11-21(12-10-20)30(28,29)25-17-23(13-3-1-2-4-14-23)16-19-7-5-18(6-8-19)15-22(26)27/h5-12,25H,1-4,13-17H2,(H,26,27). The number of carbonyl (C=O) groups is 1. The maximum atomic E-state index is 12.8. The molecule has 1 aliphatic carbocycles. The molecular weight excluding hydrogens is 422 g/mol. The van der Waals surface area contributed by atoms with Crippen LogP contribution < -0.4 is 4.72 Å². The Labute approximate surface area is 183 Å². The van der Waals surface area contributed by atoms with Crippen molar-refractivity contribution in [2.75, 3.05) is 6.54 Å². The molecule has 0 heterocycles. The van der Waals surface area contributed by atoms with Gasteiger partial charge in [0.2, 0.25) is 10.0 Å². The average molecular weight is 450 g/mol. The van der Waals surface area contributed by atoms with Gasteiger partial charge in [-0.25, -0.2) is 13.1 Å². The van der Waals surface area contributed by atoms with Crippen LogP contribution in [0, 0.1) is 5.41 Å². The predicted octanol–water partition coefficient (Wildman–Crippen LogP) is 4.83. The van der Waals surface area contributed by atoms with Crippen LogP contribution in [-0.4, -0.2) is 26.0 Å². The molecule has 2 aromatic rings. The Balaban J connectivity index is 1.76. The molecule has 2 aromatic carbocycles. The monoisotopic (exact) mass is 449 g/mol. The van der Waals surface area contributed by atoms with E-state index < -0.39 is 16.0 Å². The van der Waals surface area contributed by atoms with E-state index in [1.165, 1.54) is 25.0 Å². The van der Waals surface area contributed by atoms with Crippen molar-refractivity contribution in [2.24, 2.45) is 5.41 Å². The summed E-state index contributed by atoms with van der Waals surface area (Å²) in [5, 5.41) is 9.45. The van der Waals surface area contributed by atoms with Crippen LogP contribution in [0.5, 0.6) is 0 Å². The summed E-state index contributed by atoms with van der Waals surface area (Å²) in [6, 6.07) is 13.8. The van der Waals surface area contributed by atoms with Crippen molar-refractivity contribution in [3.05, 3.63) is 64.7 Å². The van der Waals surface area contributed by atoms with E-state index >= 15 is 0 Å². The summed E-state index contributed by atoms with van der Waals surface area (Å²) in [6.45, 7) is 0.384. The Kier molecular flexibility index (Phi) is 7.55. The Bertz CT molecular complexity index is 948. The smallest absolute Gasteiger partial charge is 0.307 e. The van der Waals surface area contributed by atoms with Crippen molar-refractivity contribution in [1.82, 2.24) is 4.72 Å². The second kappa shape index (κ2) is 9.94. The number of rotatable bonds is 8. The van der Waals surface area contributed by atoms with Crippen LogP contribution in [0.3, 0.4) is 0 Å². The minimum absolute atomic E-state index is 0.00626. The third-order valence-electron chi connectivity index (χ3n) is 5.88. The van der Waals surface area contributed by atoms with Gasteiger partial charge in [0.1, 0.15) is 0 Å². The highest BCUT2D eigenvalue weighted by molar-refractivity contribution is 7.89. The van der Waals surface area contributed by atoms with Gasteiger partial charge in [-0.05, 0) is 60.1 Å². The lowest BCUT2D eigenvalue weighted by Gasteiger charge is -2.33. The largest absolute Gasteiger partial charge is 0.481 e. The molecule has 0 saturated heterocycles. The number of aliphatic carboxylic acids is 1. The summed E-state index contributed by atoms with van der Waals surface area (Å²) >= 11 is 5.88. The molecule has 1 saturated carbocycles. The van der Waals surface area contributed by atoms with Gasteiger partial charge in [-0.3, -0.25) is 4.79 Å². The van der Waals surface area contributed by atoms with Crippen molar-refractivity contribution >= 4 is 27.6 Å². The van der Waals surface area contributed by atoms with Gasteiger partial charge in [0.05, 0.1) is 11.3 Å². The van der Waals surface area contributed by atoms with Crippen LogP contribution in [-0.2, 0) is 27.7 Å². The van der Waals surface area contributed by atoms with E-state index in [1.54, 1.807) is 12.1 Å². The third kappa shape index (κ3) is 6.30. The molecule has 0 radical (unpaired) electrons. The van der Waals surface area contributed by atoms with E-state index in [2.05, 4.69) is 4.72 Å². The van der Waals surface area contributed by atoms with Crippen LogP contribution in [0.15, 0.2) is 53.4 Å². The number of sulfonamides is 1. The number of benzene rings is 2. The fourth-order valence-electron chi connectivity index (χ4n) is 4.22. The minimum atomic E-state index is -3.61. The SMILES string of the molecule is O=C(O)Cc1ccc(CC2(CNS(=O)(=O)c3ccc(Cl)cc3)CCCCCC2)cc1. The molecule has 0 spiro atoms. The summed E-state index contributed by atoms with van der Waals surface area (Å²) < 4.78 is 28.5. The van der Waals surface area contributed by atoms with E-state index in [0.717, 1.165) is 43.2 Å². The molecule has 30 heavy (non-hydrogen) atoms. The van der Waals surface area contributed by atoms with E-state index in [4.69, 9.17) is 16.7 Å². The first kappa shape index (κ1) is 22.8. The molecule has 0 bridgehead atoms.